The van der Waals surface area contributed by atoms with Crippen molar-refractivity contribution in [2.24, 2.45) is 0 Å². The molecule has 2 rings (SSSR count). The highest BCUT2D eigenvalue weighted by atomic mass is 35.5. The van der Waals surface area contributed by atoms with E-state index < -0.39 is 5.60 Å². The Balaban J connectivity index is 2.47. The van der Waals surface area contributed by atoms with Gasteiger partial charge < -0.3 is 5.11 Å². The van der Waals surface area contributed by atoms with Crippen molar-refractivity contribution in [1.82, 2.24) is 4.98 Å². The highest BCUT2D eigenvalue weighted by molar-refractivity contribution is 6.30. The number of benzene rings is 1. The average molecular weight is 262 g/mol. The molecule has 0 amide bonds. The standard InChI is InChI=1S/C15H16ClNO/c1-2-10-15(18,14-5-3-4-11-17-14)12-6-8-13(16)9-7-12/h3-9,11,18H,2,10H2,1H3. The minimum absolute atomic E-state index is 0.631. The number of rotatable bonds is 4. The number of nitrogens with zero attached hydrogens (tertiary/aromatic N) is 1. The molecule has 1 unspecified atom stereocenters. The van der Waals surface area contributed by atoms with E-state index in [0.29, 0.717) is 17.1 Å². The molecule has 0 aliphatic heterocycles. The van der Waals surface area contributed by atoms with E-state index in [9.17, 15) is 5.11 Å². The Bertz CT molecular complexity index is 498. The maximum absolute atomic E-state index is 10.9. The van der Waals surface area contributed by atoms with Crippen LogP contribution >= 0.6 is 11.6 Å². The minimum atomic E-state index is -1.04. The largest absolute Gasteiger partial charge is 0.379 e. The van der Waals surface area contributed by atoms with Gasteiger partial charge in [0.05, 0.1) is 5.69 Å². The van der Waals surface area contributed by atoms with Gasteiger partial charge in [-0.3, -0.25) is 4.98 Å². The summed E-state index contributed by atoms with van der Waals surface area (Å²) in [6.45, 7) is 2.05. The SMILES string of the molecule is CCCC(O)(c1ccc(Cl)cc1)c1ccccn1. The predicted octanol–water partition coefficient (Wildman–Crippen LogP) is 3.77. The van der Waals surface area contributed by atoms with Crippen molar-refractivity contribution in [2.75, 3.05) is 0 Å². The van der Waals surface area contributed by atoms with Crippen LogP contribution in [0.1, 0.15) is 31.0 Å². The smallest absolute Gasteiger partial charge is 0.131 e. The van der Waals surface area contributed by atoms with Crippen LogP contribution in [0.25, 0.3) is 0 Å². The topological polar surface area (TPSA) is 33.1 Å². The molecule has 0 fully saturated rings. The first kappa shape index (κ1) is 13.1. The lowest BCUT2D eigenvalue weighted by atomic mass is 9.86. The summed E-state index contributed by atoms with van der Waals surface area (Å²) >= 11 is 5.89. The highest BCUT2D eigenvalue weighted by Gasteiger charge is 2.31. The number of aromatic nitrogens is 1. The lowest BCUT2D eigenvalue weighted by Crippen LogP contribution is -2.28. The molecule has 0 aliphatic carbocycles. The summed E-state index contributed by atoms with van der Waals surface area (Å²) in [5.41, 5.74) is 0.460. The molecule has 0 spiro atoms. The molecule has 1 atom stereocenters. The first-order chi connectivity index (χ1) is 8.66. The molecule has 0 radical (unpaired) electrons. The number of aliphatic hydroxyl groups is 1. The Hall–Kier alpha value is -1.38. The fourth-order valence-corrected chi connectivity index (χ4v) is 2.24. The van der Waals surface area contributed by atoms with Crippen LogP contribution in [0.2, 0.25) is 5.02 Å². The number of hydrogen-bond donors (Lipinski definition) is 1. The second-order valence-electron chi connectivity index (χ2n) is 4.33. The Labute approximate surface area is 112 Å². The van der Waals surface area contributed by atoms with E-state index in [2.05, 4.69) is 4.98 Å². The van der Waals surface area contributed by atoms with Crippen molar-refractivity contribution >= 4 is 11.6 Å². The zero-order chi connectivity index (χ0) is 13.0. The van der Waals surface area contributed by atoms with Gasteiger partial charge in [-0.05, 0) is 36.2 Å². The fourth-order valence-electron chi connectivity index (χ4n) is 2.12. The van der Waals surface area contributed by atoms with Crippen LogP contribution in [-0.2, 0) is 5.60 Å². The van der Waals surface area contributed by atoms with Crippen molar-refractivity contribution in [3.8, 4) is 0 Å². The van der Waals surface area contributed by atoms with Gasteiger partial charge in [0.15, 0.2) is 0 Å². The number of pyridine rings is 1. The maximum Gasteiger partial charge on any atom is 0.131 e. The van der Waals surface area contributed by atoms with Gasteiger partial charge in [-0.15, -0.1) is 0 Å². The second kappa shape index (κ2) is 5.51. The van der Waals surface area contributed by atoms with Gasteiger partial charge in [-0.2, -0.15) is 0 Å². The summed E-state index contributed by atoms with van der Waals surface area (Å²) in [6, 6.07) is 12.9. The summed E-state index contributed by atoms with van der Waals surface area (Å²) in [5, 5.41) is 11.6. The molecule has 1 N–H and O–H groups in total. The summed E-state index contributed by atoms with van der Waals surface area (Å²) < 4.78 is 0. The van der Waals surface area contributed by atoms with E-state index in [1.165, 1.54) is 0 Å². The summed E-state index contributed by atoms with van der Waals surface area (Å²) in [5.74, 6) is 0. The Morgan fingerprint density at radius 3 is 2.44 bits per heavy atom. The molecule has 0 aliphatic rings. The van der Waals surface area contributed by atoms with Crippen molar-refractivity contribution in [3.63, 3.8) is 0 Å². The first-order valence-corrected chi connectivity index (χ1v) is 6.44. The van der Waals surface area contributed by atoms with E-state index >= 15 is 0 Å². The van der Waals surface area contributed by atoms with Crippen LogP contribution in [0.3, 0.4) is 0 Å². The molecular weight excluding hydrogens is 246 g/mol. The van der Waals surface area contributed by atoms with Crippen LogP contribution < -0.4 is 0 Å². The van der Waals surface area contributed by atoms with Gasteiger partial charge in [0.1, 0.15) is 5.60 Å². The lowest BCUT2D eigenvalue weighted by Gasteiger charge is -2.28. The Kier molecular flexibility index (Phi) is 4.00. The summed E-state index contributed by atoms with van der Waals surface area (Å²) in [4.78, 5) is 4.29. The molecule has 0 saturated heterocycles. The van der Waals surface area contributed by atoms with Crippen molar-refractivity contribution in [3.05, 3.63) is 64.9 Å². The van der Waals surface area contributed by atoms with Crippen LogP contribution in [0.5, 0.6) is 0 Å². The van der Waals surface area contributed by atoms with Crippen LogP contribution in [0.4, 0.5) is 0 Å². The minimum Gasteiger partial charge on any atom is -0.379 e. The van der Waals surface area contributed by atoms with Gasteiger partial charge in [0.25, 0.3) is 0 Å². The molecule has 3 heteroatoms. The maximum atomic E-state index is 10.9. The molecule has 0 bridgehead atoms. The van der Waals surface area contributed by atoms with Gasteiger partial charge in [-0.1, -0.05) is 43.1 Å². The van der Waals surface area contributed by atoms with E-state index in [0.717, 1.165) is 12.0 Å². The third-order valence-corrected chi connectivity index (χ3v) is 3.27. The van der Waals surface area contributed by atoms with E-state index in [-0.39, 0.29) is 0 Å². The van der Waals surface area contributed by atoms with E-state index in [1.807, 2.05) is 37.3 Å². The van der Waals surface area contributed by atoms with Gasteiger partial charge in [0, 0.05) is 11.2 Å². The third kappa shape index (κ3) is 2.55. The monoisotopic (exact) mass is 261 g/mol. The lowest BCUT2D eigenvalue weighted by molar-refractivity contribution is 0.0656. The zero-order valence-electron chi connectivity index (χ0n) is 10.3. The zero-order valence-corrected chi connectivity index (χ0v) is 11.1. The quantitative estimate of drug-likeness (QED) is 0.909. The molecule has 94 valence electrons. The van der Waals surface area contributed by atoms with Crippen LogP contribution in [-0.4, -0.2) is 10.1 Å². The van der Waals surface area contributed by atoms with Crippen molar-refractivity contribution < 1.29 is 5.11 Å². The fraction of sp³-hybridized carbons (Fsp3) is 0.267. The van der Waals surface area contributed by atoms with Gasteiger partial charge >= 0.3 is 0 Å². The van der Waals surface area contributed by atoms with E-state index in [1.54, 1.807) is 18.3 Å². The number of hydrogen-bond acceptors (Lipinski definition) is 2. The molecule has 0 saturated carbocycles. The first-order valence-electron chi connectivity index (χ1n) is 6.07. The van der Waals surface area contributed by atoms with Crippen molar-refractivity contribution in [1.29, 1.82) is 0 Å². The molecule has 18 heavy (non-hydrogen) atoms. The molecule has 2 aromatic rings. The second-order valence-corrected chi connectivity index (χ2v) is 4.77. The molecular formula is C15H16ClNO. The predicted molar refractivity (Wildman–Crippen MR) is 73.6 cm³/mol. The van der Waals surface area contributed by atoms with Crippen molar-refractivity contribution in [2.45, 2.75) is 25.4 Å². The molecule has 1 aromatic heterocycles. The highest BCUT2D eigenvalue weighted by Crippen LogP contribution is 2.33. The average Bonchev–Trinajstić information content (AvgIpc) is 2.40. The molecule has 1 aromatic carbocycles. The Morgan fingerprint density at radius 1 is 1.17 bits per heavy atom. The van der Waals surface area contributed by atoms with Crippen LogP contribution in [0.15, 0.2) is 48.7 Å². The Morgan fingerprint density at radius 2 is 1.89 bits per heavy atom. The molecule has 1 heterocycles. The van der Waals surface area contributed by atoms with Gasteiger partial charge in [-0.25, -0.2) is 0 Å². The van der Waals surface area contributed by atoms with Gasteiger partial charge in [0.2, 0.25) is 0 Å². The number of halogens is 1. The summed E-state index contributed by atoms with van der Waals surface area (Å²) in [7, 11) is 0. The molecule has 2 nitrogen and oxygen atoms in total. The summed E-state index contributed by atoms with van der Waals surface area (Å²) in [6.07, 6.45) is 3.20. The third-order valence-electron chi connectivity index (χ3n) is 3.02. The van der Waals surface area contributed by atoms with Crippen LogP contribution in [0, 0.1) is 0 Å². The normalized spacial score (nSPS) is 14.2. The van der Waals surface area contributed by atoms with E-state index in [4.69, 9.17) is 11.6 Å².